The molecule has 0 spiro atoms. The third-order valence-corrected chi connectivity index (χ3v) is 5.49. The molecule has 146 valence electrons. The number of aromatic amines is 1. The summed E-state index contributed by atoms with van der Waals surface area (Å²) in [7, 11) is 0. The van der Waals surface area contributed by atoms with E-state index in [1.807, 2.05) is 36.5 Å². The van der Waals surface area contributed by atoms with Crippen LogP contribution in [-0.2, 0) is 0 Å². The maximum absolute atomic E-state index is 12.8. The van der Waals surface area contributed by atoms with Crippen LogP contribution in [0.15, 0.2) is 59.6 Å². The second kappa shape index (κ2) is 7.60. The minimum absolute atomic E-state index is 0.216. The van der Waals surface area contributed by atoms with Crippen molar-refractivity contribution in [2.45, 2.75) is 19.3 Å². The van der Waals surface area contributed by atoms with Gasteiger partial charge in [-0.1, -0.05) is 12.1 Å². The predicted octanol–water partition coefficient (Wildman–Crippen LogP) is 3.14. The molecule has 2 N–H and O–H groups in total. The lowest BCUT2D eigenvalue weighted by atomic mass is 10.0. The first-order valence-electron chi connectivity index (χ1n) is 9.93. The van der Waals surface area contributed by atoms with Crippen molar-refractivity contribution >= 4 is 22.5 Å². The molecule has 0 saturated carbocycles. The number of pyridine rings is 1. The number of allylic oxidation sites excluding steroid dienone is 1. The number of likely N-dealkylation sites (tertiary alicyclic amines) is 1. The smallest absolute Gasteiger partial charge is 0.276 e. The zero-order chi connectivity index (χ0) is 19.6. The summed E-state index contributed by atoms with van der Waals surface area (Å²) in [5.41, 5.74) is 5.24. The fourth-order valence-corrected chi connectivity index (χ4v) is 3.70. The highest BCUT2D eigenvalue weighted by Crippen LogP contribution is 2.25. The quantitative estimate of drug-likeness (QED) is 0.705. The molecule has 3 aromatic rings. The number of aromatic nitrogens is 3. The Morgan fingerprint density at radius 2 is 2.10 bits per heavy atom. The van der Waals surface area contributed by atoms with E-state index in [4.69, 9.17) is 0 Å². The molecule has 0 radical (unpaired) electrons. The van der Waals surface area contributed by atoms with E-state index >= 15 is 0 Å². The number of benzene rings is 1. The van der Waals surface area contributed by atoms with Crippen LogP contribution in [0.5, 0.6) is 0 Å². The normalized spacial score (nSPS) is 16.8. The highest BCUT2D eigenvalue weighted by molar-refractivity contribution is 6.06. The van der Waals surface area contributed by atoms with Crippen LogP contribution in [0.4, 0.5) is 0 Å². The predicted molar refractivity (Wildman–Crippen MR) is 113 cm³/mol. The lowest BCUT2D eigenvalue weighted by Gasteiger charge is -2.31. The lowest BCUT2D eigenvalue weighted by Crippen LogP contribution is -2.41. The number of hydrogen-bond acceptors (Lipinski definition) is 5. The van der Waals surface area contributed by atoms with Crippen LogP contribution in [-0.4, -0.2) is 51.3 Å². The molecule has 1 saturated heterocycles. The fourth-order valence-electron chi connectivity index (χ4n) is 3.70. The molecule has 1 amide bonds. The van der Waals surface area contributed by atoms with Gasteiger partial charge in [0.2, 0.25) is 0 Å². The van der Waals surface area contributed by atoms with Gasteiger partial charge in [-0.3, -0.25) is 24.8 Å². The first-order chi connectivity index (χ1) is 14.3. The van der Waals surface area contributed by atoms with Crippen molar-refractivity contribution in [3.8, 4) is 11.1 Å². The minimum atomic E-state index is -0.216. The summed E-state index contributed by atoms with van der Waals surface area (Å²) in [5.74, 6) is -0.216. The van der Waals surface area contributed by atoms with Gasteiger partial charge in [-0.25, -0.2) is 0 Å². The van der Waals surface area contributed by atoms with Crippen LogP contribution >= 0.6 is 0 Å². The highest BCUT2D eigenvalue weighted by atomic mass is 16.2. The number of amides is 1. The van der Waals surface area contributed by atoms with Crippen molar-refractivity contribution in [3.63, 3.8) is 0 Å². The number of rotatable bonds is 5. The SMILES string of the molecule is O=C(NC1=CN=C(CN2CCC2)CC1)c1n[nH]c2ccc(-c3cccnc3)cc12. The fraction of sp³-hybridized carbons (Fsp3) is 0.273. The number of carbonyl (C=O) groups is 1. The number of aliphatic imine (C=N–C) groups is 1. The van der Waals surface area contributed by atoms with Crippen molar-refractivity contribution in [1.29, 1.82) is 0 Å². The van der Waals surface area contributed by atoms with Gasteiger partial charge in [0, 0.05) is 47.5 Å². The first-order valence-corrected chi connectivity index (χ1v) is 9.93. The molecular weight excluding hydrogens is 364 g/mol. The Bertz CT molecular complexity index is 1110. The molecule has 29 heavy (non-hydrogen) atoms. The first kappa shape index (κ1) is 17.8. The number of fused-ring (bicyclic) bond motifs is 1. The average Bonchev–Trinajstić information content (AvgIpc) is 3.16. The number of nitrogens with one attached hydrogen (secondary N) is 2. The second-order valence-electron chi connectivity index (χ2n) is 7.51. The van der Waals surface area contributed by atoms with E-state index in [-0.39, 0.29) is 5.91 Å². The zero-order valence-electron chi connectivity index (χ0n) is 16.1. The number of H-pyrrole nitrogens is 1. The molecule has 2 aliphatic rings. The second-order valence-corrected chi connectivity index (χ2v) is 7.51. The highest BCUT2D eigenvalue weighted by Gasteiger charge is 2.20. The minimum Gasteiger partial charge on any atom is -0.323 e. The largest absolute Gasteiger partial charge is 0.323 e. The van der Waals surface area contributed by atoms with E-state index < -0.39 is 0 Å². The monoisotopic (exact) mass is 386 g/mol. The van der Waals surface area contributed by atoms with Gasteiger partial charge in [0.1, 0.15) is 0 Å². The van der Waals surface area contributed by atoms with E-state index in [0.717, 1.165) is 47.1 Å². The Hall–Kier alpha value is -3.32. The van der Waals surface area contributed by atoms with Gasteiger partial charge in [-0.2, -0.15) is 5.10 Å². The van der Waals surface area contributed by atoms with Crippen LogP contribution in [0, 0.1) is 0 Å². The van der Waals surface area contributed by atoms with Crippen molar-refractivity contribution in [2.24, 2.45) is 4.99 Å². The molecule has 5 rings (SSSR count). The van der Waals surface area contributed by atoms with E-state index in [9.17, 15) is 4.79 Å². The van der Waals surface area contributed by atoms with Crippen LogP contribution < -0.4 is 5.32 Å². The van der Waals surface area contributed by atoms with Gasteiger partial charge in [0.05, 0.1) is 5.52 Å². The average molecular weight is 386 g/mol. The molecule has 0 bridgehead atoms. The Labute approximate surface area is 168 Å². The summed E-state index contributed by atoms with van der Waals surface area (Å²) in [6.07, 6.45) is 8.30. The van der Waals surface area contributed by atoms with Crippen LogP contribution in [0.2, 0.25) is 0 Å². The number of carbonyl (C=O) groups excluding carboxylic acids is 1. The van der Waals surface area contributed by atoms with Gasteiger partial charge in [0.25, 0.3) is 5.91 Å². The Morgan fingerprint density at radius 3 is 2.83 bits per heavy atom. The zero-order valence-corrected chi connectivity index (χ0v) is 16.1. The molecule has 4 heterocycles. The van der Waals surface area contributed by atoms with Gasteiger partial charge < -0.3 is 5.32 Å². The molecule has 7 heteroatoms. The summed E-state index contributed by atoms with van der Waals surface area (Å²) in [6, 6.07) is 9.81. The van der Waals surface area contributed by atoms with Gasteiger partial charge in [-0.05, 0) is 56.1 Å². The summed E-state index contributed by atoms with van der Waals surface area (Å²) in [5, 5.41) is 11.0. The molecule has 2 aromatic heterocycles. The van der Waals surface area contributed by atoms with E-state index in [2.05, 4.69) is 30.4 Å². The van der Waals surface area contributed by atoms with Gasteiger partial charge in [-0.15, -0.1) is 0 Å². The van der Waals surface area contributed by atoms with Crippen LogP contribution in [0.3, 0.4) is 0 Å². The Kier molecular flexibility index (Phi) is 4.65. The Morgan fingerprint density at radius 1 is 1.17 bits per heavy atom. The van der Waals surface area contributed by atoms with E-state index in [1.54, 1.807) is 12.4 Å². The molecular formula is C22H22N6O. The lowest BCUT2D eigenvalue weighted by molar-refractivity contribution is 0.0961. The van der Waals surface area contributed by atoms with E-state index in [1.165, 1.54) is 25.2 Å². The van der Waals surface area contributed by atoms with Crippen LogP contribution in [0.1, 0.15) is 29.8 Å². The van der Waals surface area contributed by atoms with Gasteiger partial charge >= 0.3 is 0 Å². The van der Waals surface area contributed by atoms with E-state index in [0.29, 0.717) is 5.69 Å². The van der Waals surface area contributed by atoms with Crippen molar-refractivity contribution in [3.05, 3.63) is 60.3 Å². The summed E-state index contributed by atoms with van der Waals surface area (Å²) < 4.78 is 0. The number of nitrogens with zero attached hydrogens (tertiary/aromatic N) is 4. The molecule has 0 aliphatic carbocycles. The van der Waals surface area contributed by atoms with Crippen molar-refractivity contribution in [2.75, 3.05) is 19.6 Å². The van der Waals surface area contributed by atoms with Crippen molar-refractivity contribution < 1.29 is 4.79 Å². The maximum atomic E-state index is 12.8. The third-order valence-electron chi connectivity index (χ3n) is 5.49. The molecule has 1 aromatic carbocycles. The Balaban J connectivity index is 1.34. The summed E-state index contributed by atoms with van der Waals surface area (Å²) in [4.78, 5) is 24.0. The third kappa shape index (κ3) is 3.69. The molecule has 0 atom stereocenters. The molecule has 7 nitrogen and oxygen atoms in total. The maximum Gasteiger partial charge on any atom is 0.276 e. The molecule has 0 unspecified atom stereocenters. The van der Waals surface area contributed by atoms with Crippen molar-refractivity contribution in [1.82, 2.24) is 25.4 Å². The topological polar surface area (TPSA) is 86.3 Å². The number of hydrogen-bond donors (Lipinski definition) is 2. The summed E-state index contributed by atoms with van der Waals surface area (Å²) in [6.45, 7) is 3.28. The molecule has 1 fully saturated rings. The molecule has 2 aliphatic heterocycles. The van der Waals surface area contributed by atoms with Crippen LogP contribution in [0.25, 0.3) is 22.0 Å². The van der Waals surface area contributed by atoms with Gasteiger partial charge in [0.15, 0.2) is 5.69 Å². The standard InChI is InChI=1S/C22H22N6O/c29-22(25-17-5-6-18(24-13-17)14-28-9-2-10-28)21-19-11-15(4-7-20(19)26-27-21)16-3-1-8-23-12-16/h1,3-4,7-8,11-13H,2,5-6,9-10,14H2,(H,25,29)(H,26,27). The summed E-state index contributed by atoms with van der Waals surface area (Å²) >= 11 is 0.